The lowest BCUT2D eigenvalue weighted by Crippen LogP contribution is -2.25. The molecule has 2 aromatic rings. The van der Waals surface area contributed by atoms with Gasteiger partial charge in [-0.3, -0.25) is 0 Å². The molecule has 3 heteroatoms. The molecule has 0 aliphatic heterocycles. The number of aryl methyl sites for hydroxylation is 1. The van der Waals surface area contributed by atoms with Crippen LogP contribution in [0.5, 0.6) is 0 Å². The first-order chi connectivity index (χ1) is 10.3. The van der Waals surface area contributed by atoms with Crippen molar-refractivity contribution < 1.29 is 4.39 Å². The Morgan fingerprint density at radius 1 is 1.19 bits per heavy atom. The van der Waals surface area contributed by atoms with E-state index in [2.05, 4.69) is 29.8 Å². The van der Waals surface area contributed by atoms with E-state index in [1.54, 1.807) is 12.1 Å². The van der Waals surface area contributed by atoms with Crippen molar-refractivity contribution in [1.29, 1.82) is 0 Å². The zero-order chi connectivity index (χ0) is 14.9. The van der Waals surface area contributed by atoms with Crippen molar-refractivity contribution in [3.05, 3.63) is 58.0 Å². The molecule has 1 heterocycles. The summed E-state index contributed by atoms with van der Waals surface area (Å²) in [5.41, 5.74) is 0.840. The smallest absolute Gasteiger partial charge is 0.126 e. The van der Waals surface area contributed by atoms with Crippen LogP contribution in [0.3, 0.4) is 0 Å². The summed E-state index contributed by atoms with van der Waals surface area (Å²) in [4.78, 5) is 1.42. The van der Waals surface area contributed by atoms with Crippen molar-refractivity contribution in [3.63, 3.8) is 0 Å². The first-order valence-electron chi connectivity index (χ1n) is 7.76. The van der Waals surface area contributed by atoms with Crippen LogP contribution in [0.2, 0.25) is 0 Å². The van der Waals surface area contributed by atoms with Crippen LogP contribution in [0, 0.1) is 11.7 Å². The molecule has 2 rings (SSSR count). The van der Waals surface area contributed by atoms with Crippen LogP contribution >= 0.6 is 11.3 Å². The minimum Gasteiger partial charge on any atom is -0.316 e. The maximum absolute atomic E-state index is 13.8. The Kier molecular flexibility index (Phi) is 6.90. The predicted molar refractivity (Wildman–Crippen MR) is 89.4 cm³/mol. The van der Waals surface area contributed by atoms with E-state index in [0.717, 1.165) is 44.3 Å². The molecule has 114 valence electrons. The first-order valence-corrected chi connectivity index (χ1v) is 8.64. The number of halogens is 1. The molecule has 1 atom stereocenters. The van der Waals surface area contributed by atoms with E-state index >= 15 is 0 Å². The molecular formula is C18H24FNS. The summed E-state index contributed by atoms with van der Waals surface area (Å²) in [7, 11) is 0. The minimum absolute atomic E-state index is 0.0749. The van der Waals surface area contributed by atoms with Gasteiger partial charge < -0.3 is 5.32 Å². The second kappa shape index (κ2) is 8.96. The van der Waals surface area contributed by atoms with Crippen molar-refractivity contribution in [2.75, 3.05) is 13.1 Å². The highest BCUT2D eigenvalue weighted by molar-refractivity contribution is 7.09. The van der Waals surface area contributed by atoms with Gasteiger partial charge in [0.2, 0.25) is 0 Å². The molecule has 1 aromatic carbocycles. The fourth-order valence-corrected chi connectivity index (χ4v) is 3.26. The quantitative estimate of drug-likeness (QED) is 0.663. The molecule has 0 amide bonds. The molecule has 0 bridgehead atoms. The van der Waals surface area contributed by atoms with Crippen molar-refractivity contribution in [3.8, 4) is 0 Å². The van der Waals surface area contributed by atoms with E-state index < -0.39 is 0 Å². The average Bonchev–Trinajstić information content (AvgIpc) is 3.00. The van der Waals surface area contributed by atoms with Crippen molar-refractivity contribution >= 4 is 11.3 Å². The van der Waals surface area contributed by atoms with Crippen molar-refractivity contribution in [1.82, 2.24) is 5.32 Å². The Morgan fingerprint density at radius 2 is 2.05 bits per heavy atom. The van der Waals surface area contributed by atoms with Gasteiger partial charge in [-0.1, -0.05) is 31.2 Å². The summed E-state index contributed by atoms with van der Waals surface area (Å²) in [6.07, 6.45) is 4.14. The zero-order valence-corrected chi connectivity index (χ0v) is 13.5. The van der Waals surface area contributed by atoms with Gasteiger partial charge in [0.1, 0.15) is 5.82 Å². The van der Waals surface area contributed by atoms with Crippen LogP contribution in [0.1, 0.15) is 30.2 Å². The SMILES string of the molecule is CCCNCC(CCc1cccs1)Cc1ccccc1F. The number of benzene rings is 1. The van der Waals surface area contributed by atoms with Gasteiger partial charge in [-0.15, -0.1) is 11.3 Å². The van der Waals surface area contributed by atoms with Crippen LogP contribution in [-0.4, -0.2) is 13.1 Å². The van der Waals surface area contributed by atoms with Gasteiger partial charge >= 0.3 is 0 Å². The lowest BCUT2D eigenvalue weighted by atomic mass is 9.94. The van der Waals surface area contributed by atoms with Gasteiger partial charge in [0.25, 0.3) is 0 Å². The largest absolute Gasteiger partial charge is 0.316 e. The van der Waals surface area contributed by atoms with Crippen LogP contribution in [-0.2, 0) is 12.8 Å². The molecule has 1 unspecified atom stereocenters. The topological polar surface area (TPSA) is 12.0 Å². The zero-order valence-electron chi connectivity index (χ0n) is 12.6. The maximum Gasteiger partial charge on any atom is 0.126 e. The number of rotatable bonds is 9. The van der Waals surface area contributed by atoms with Crippen LogP contribution in [0.4, 0.5) is 4.39 Å². The lowest BCUT2D eigenvalue weighted by Gasteiger charge is -2.18. The second-order valence-corrected chi connectivity index (χ2v) is 6.52. The summed E-state index contributed by atoms with van der Waals surface area (Å²) in [5.74, 6) is 0.407. The molecule has 0 radical (unpaired) electrons. The fourth-order valence-electron chi connectivity index (χ4n) is 2.54. The van der Waals surface area contributed by atoms with E-state index in [-0.39, 0.29) is 5.82 Å². The first kappa shape index (κ1) is 16.2. The maximum atomic E-state index is 13.8. The number of thiophene rings is 1. The van der Waals surface area contributed by atoms with Crippen molar-refractivity contribution in [2.45, 2.75) is 32.6 Å². The van der Waals surface area contributed by atoms with E-state index in [1.807, 2.05) is 23.5 Å². The molecule has 21 heavy (non-hydrogen) atoms. The van der Waals surface area contributed by atoms with E-state index in [9.17, 15) is 4.39 Å². The van der Waals surface area contributed by atoms with Crippen LogP contribution in [0.25, 0.3) is 0 Å². The van der Waals surface area contributed by atoms with Gasteiger partial charge in [-0.05, 0) is 67.8 Å². The third-order valence-electron chi connectivity index (χ3n) is 3.71. The van der Waals surface area contributed by atoms with Gasteiger partial charge in [0.15, 0.2) is 0 Å². The summed E-state index contributed by atoms with van der Waals surface area (Å²) in [5, 5.41) is 5.61. The molecule has 0 spiro atoms. The molecule has 1 N–H and O–H groups in total. The number of nitrogens with one attached hydrogen (secondary N) is 1. The molecule has 0 saturated carbocycles. The summed E-state index contributed by atoms with van der Waals surface area (Å²) in [6, 6.07) is 11.4. The number of hydrogen-bond donors (Lipinski definition) is 1. The van der Waals surface area contributed by atoms with Crippen LogP contribution in [0.15, 0.2) is 41.8 Å². The normalized spacial score (nSPS) is 12.5. The molecule has 0 aliphatic rings. The molecule has 1 aromatic heterocycles. The van der Waals surface area contributed by atoms with Gasteiger partial charge in [-0.25, -0.2) is 4.39 Å². The Morgan fingerprint density at radius 3 is 2.76 bits per heavy atom. The third kappa shape index (κ3) is 5.60. The fraction of sp³-hybridized carbons (Fsp3) is 0.444. The summed E-state index contributed by atoms with van der Waals surface area (Å²) >= 11 is 1.81. The van der Waals surface area contributed by atoms with Crippen molar-refractivity contribution in [2.24, 2.45) is 5.92 Å². The summed E-state index contributed by atoms with van der Waals surface area (Å²) < 4.78 is 13.8. The van der Waals surface area contributed by atoms with Crippen LogP contribution < -0.4 is 5.32 Å². The van der Waals surface area contributed by atoms with Gasteiger partial charge in [-0.2, -0.15) is 0 Å². The Hall–Kier alpha value is -1.19. The third-order valence-corrected chi connectivity index (χ3v) is 4.64. The molecule has 1 nitrogen and oxygen atoms in total. The number of hydrogen-bond acceptors (Lipinski definition) is 2. The molecule has 0 saturated heterocycles. The Labute approximate surface area is 131 Å². The lowest BCUT2D eigenvalue weighted by molar-refractivity contribution is 0.437. The summed E-state index contributed by atoms with van der Waals surface area (Å²) in [6.45, 7) is 4.17. The highest BCUT2D eigenvalue weighted by Gasteiger charge is 2.12. The van der Waals surface area contributed by atoms with E-state index in [0.29, 0.717) is 5.92 Å². The van der Waals surface area contributed by atoms with Gasteiger partial charge in [0.05, 0.1) is 0 Å². The van der Waals surface area contributed by atoms with E-state index in [4.69, 9.17) is 0 Å². The van der Waals surface area contributed by atoms with E-state index in [1.165, 1.54) is 4.88 Å². The second-order valence-electron chi connectivity index (χ2n) is 5.48. The van der Waals surface area contributed by atoms with Gasteiger partial charge in [0, 0.05) is 4.88 Å². The Bertz CT molecular complexity index is 510. The minimum atomic E-state index is -0.0749. The molecular weight excluding hydrogens is 281 g/mol. The highest BCUT2D eigenvalue weighted by Crippen LogP contribution is 2.19. The Balaban J connectivity index is 1.92. The average molecular weight is 305 g/mol. The standard InChI is InChI=1S/C18H24FNS/c1-2-11-20-14-15(9-10-17-7-5-12-21-17)13-16-6-3-4-8-18(16)19/h3-8,12,15,20H,2,9-11,13-14H2,1H3. The predicted octanol–water partition coefficient (Wildman–Crippen LogP) is 4.68. The monoisotopic (exact) mass is 305 g/mol. The molecule has 0 fully saturated rings. The highest BCUT2D eigenvalue weighted by atomic mass is 32.1. The molecule has 0 aliphatic carbocycles.